The molecule has 1 rings (SSSR count). The van der Waals surface area contributed by atoms with Crippen molar-refractivity contribution in [1.29, 1.82) is 0 Å². The van der Waals surface area contributed by atoms with Gasteiger partial charge in [0.25, 0.3) is 0 Å². The van der Waals surface area contributed by atoms with Crippen molar-refractivity contribution in [2.45, 2.75) is 34.1 Å². The zero-order chi connectivity index (χ0) is 16.0. The van der Waals surface area contributed by atoms with Crippen LogP contribution in [-0.4, -0.2) is 25.5 Å². The van der Waals surface area contributed by atoms with Gasteiger partial charge < -0.3 is 15.4 Å². The summed E-state index contributed by atoms with van der Waals surface area (Å²) in [5, 5.41) is 5.64. The molecule has 1 aromatic rings. The second kappa shape index (κ2) is 7.11. The molecule has 0 aliphatic carbocycles. The van der Waals surface area contributed by atoms with Gasteiger partial charge in [-0.05, 0) is 24.1 Å². The van der Waals surface area contributed by atoms with Crippen molar-refractivity contribution < 1.29 is 14.3 Å². The van der Waals surface area contributed by atoms with Gasteiger partial charge >= 0.3 is 0 Å². The number of anilines is 1. The fourth-order valence-corrected chi connectivity index (χ4v) is 1.78. The van der Waals surface area contributed by atoms with Crippen LogP contribution in [0.15, 0.2) is 18.2 Å². The topological polar surface area (TPSA) is 67.4 Å². The van der Waals surface area contributed by atoms with E-state index in [1.54, 1.807) is 7.11 Å². The van der Waals surface area contributed by atoms with Crippen molar-refractivity contribution in [2.75, 3.05) is 19.0 Å². The zero-order valence-corrected chi connectivity index (χ0v) is 13.4. The number of benzene rings is 1. The maximum atomic E-state index is 11.8. The molecule has 0 aliphatic rings. The minimum atomic E-state index is -0.388. The Morgan fingerprint density at radius 2 is 1.90 bits per heavy atom. The summed E-state index contributed by atoms with van der Waals surface area (Å²) in [4.78, 5) is 23.0. The quantitative estimate of drug-likeness (QED) is 0.875. The Kier molecular flexibility index (Phi) is 5.76. The van der Waals surface area contributed by atoms with Crippen LogP contribution in [0.2, 0.25) is 0 Å². The Balaban J connectivity index is 2.68. The SMILES string of the molecule is COc1ccc(CCNC(=O)C(C)(C)C)cc1NC(C)=O. The van der Waals surface area contributed by atoms with Crippen molar-refractivity contribution in [3.63, 3.8) is 0 Å². The third-order valence-corrected chi connectivity index (χ3v) is 2.96. The number of nitrogens with one attached hydrogen (secondary N) is 2. The van der Waals surface area contributed by atoms with Gasteiger partial charge in [-0.1, -0.05) is 26.8 Å². The van der Waals surface area contributed by atoms with Crippen LogP contribution in [-0.2, 0) is 16.0 Å². The highest BCUT2D eigenvalue weighted by Gasteiger charge is 2.20. The highest BCUT2D eigenvalue weighted by molar-refractivity contribution is 5.90. The summed E-state index contributed by atoms with van der Waals surface area (Å²) in [7, 11) is 1.56. The lowest BCUT2D eigenvalue weighted by Crippen LogP contribution is -2.35. The molecule has 21 heavy (non-hydrogen) atoms. The molecule has 0 saturated carbocycles. The van der Waals surface area contributed by atoms with E-state index in [1.807, 2.05) is 39.0 Å². The second-order valence-electron chi connectivity index (χ2n) is 5.97. The first-order chi connectivity index (χ1) is 9.74. The molecule has 1 aromatic carbocycles. The fraction of sp³-hybridized carbons (Fsp3) is 0.500. The van der Waals surface area contributed by atoms with Crippen molar-refractivity contribution in [3.8, 4) is 5.75 Å². The average molecular weight is 292 g/mol. The molecule has 0 unspecified atom stereocenters. The molecule has 5 heteroatoms. The van der Waals surface area contributed by atoms with E-state index in [-0.39, 0.29) is 17.2 Å². The molecule has 0 fully saturated rings. The molecule has 0 bridgehead atoms. The van der Waals surface area contributed by atoms with Crippen LogP contribution in [0.4, 0.5) is 5.69 Å². The molecule has 116 valence electrons. The van der Waals surface area contributed by atoms with Gasteiger partial charge in [0, 0.05) is 18.9 Å². The number of ether oxygens (including phenoxy) is 1. The Morgan fingerprint density at radius 1 is 1.24 bits per heavy atom. The molecular formula is C16H24N2O3. The number of hydrogen-bond acceptors (Lipinski definition) is 3. The Hall–Kier alpha value is -2.04. The fourth-order valence-electron chi connectivity index (χ4n) is 1.78. The third-order valence-electron chi connectivity index (χ3n) is 2.96. The minimum absolute atomic E-state index is 0.0260. The molecule has 0 heterocycles. The van der Waals surface area contributed by atoms with Gasteiger partial charge in [0.15, 0.2) is 0 Å². The lowest BCUT2D eigenvalue weighted by Gasteiger charge is -2.17. The predicted molar refractivity (Wildman–Crippen MR) is 83.5 cm³/mol. The number of carbonyl (C=O) groups is 2. The van der Waals surface area contributed by atoms with Crippen LogP contribution in [0.25, 0.3) is 0 Å². The smallest absolute Gasteiger partial charge is 0.225 e. The number of hydrogen-bond donors (Lipinski definition) is 2. The van der Waals surface area contributed by atoms with Crippen molar-refractivity contribution in [2.24, 2.45) is 5.41 Å². The highest BCUT2D eigenvalue weighted by atomic mass is 16.5. The van der Waals surface area contributed by atoms with E-state index in [2.05, 4.69) is 10.6 Å². The largest absolute Gasteiger partial charge is 0.495 e. The van der Waals surface area contributed by atoms with E-state index in [0.29, 0.717) is 24.4 Å². The summed E-state index contributed by atoms with van der Waals surface area (Å²) >= 11 is 0. The summed E-state index contributed by atoms with van der Waals surface area (Å²) in [6, 6.07) is 5.60. The molecule has 0 radical (unpaired) electrons. The maximum absolute atomic E-state index is 11.8. The molecule has 2 N–H and O–H groups in total. The minimum Gasteiger partial charge on any atom is -0.495 e. The van der Waals surface area contributed by atoms with Crippen molar-refractivity contribution in [1.82, 2.24) is 5.32 Å². The van der Waals surface area contributed by atoms with E-state index < -0.39 is 0 Å². The number of carbonyl (C=O) groups excluding carboxylic acids is 2. The molecule has 0 aromatic heterocycles. The van der Waals surface area contributed by atoms with Crippen LogP contribution in [0.3, 0.4) is 0 Å². The first-order valence-electron chi connectivity index (χ1n) is 6.97. The zero-order valence-electron chi connectivity index (χ0n) is 13.4. The van der Waals surface area contributed by atoms with Gasteiger partial charge in [0.05, 0.1) is 12.8 Å². The number of amides is 2. The second-order valence-corrected chi connectivity index (χ2v) is 5.97. The van der Waals surface area contributed by atoms with Crippen LogP contribution >= 0.6 is 0 Å². The normalized spacial score (nSPS) is 10.9. The van der Waals surface area contributed by atoms with Gasteiger partial charge in [0.1, 0.15) is 5.75 Å². The van der Waals surface area contributed by atoms with Crippen LogP contribution in [0, 0.1) is 5.41 Å². The summed E-state index contributed by atoms with van der Waals surface area (Å²) in [5.74, 6) is 0.497. The molecule has 5 nitrogen and oxygen atoms in total. The molecule has 0 aliphatic heterocycles. The monoisotopic (exact) mass is 292 g/mol. The summed E-state index contributed by atoms with van der Waals surface area (Å²) in [6.07, 6.45) is 0.693. The van der Waals surface area contributed by atoms with Crippen LogP contribution in [0.5, 0.6) is 5.75 Å². The van der Waals surface area contributed by atoms with E-state index in [0.717, 1.165) is 5.56 Å². The van der Waals surface area contributed by atoms with Crippen molar-refractivity contribution >= 4 is 17.5 Å². The molecule has 0 saturated heterocycles. The maximum Gasteiger partial charge on any atom is 0.225 e. The Bertz CT molecular complexity index is 519. The van der Waals surface area contributed by atoms with E-state index in [1.165, 1.54) is 6.92 Å². The van der Waals surface area contributed by atoms with Gasteiger partial charge in [-0.25, -0.2) is 0 Å². The van der Waals surface area contributed by atoms with Gasteiger partial charge in [-0.2, -0.15) is 0 Å². The van der Waals surface area contributed by atoms with E-state index in [9.17, 15) is 9.59 Å². The molecule has 0 spiro atoms. The summed E-state index contributed by atoms with van der Waals surface area (Å²) < 4.78 is 5.20. The summed E-state index contributed by atoms with van der Waals surface area (Å²) in [5.41, 5.74) is 1.28. The number of rotatable bonds is 5. The Morgan fingerprint density at radius 3 is 2.43 bits per heavy atom. The van der Waals surface area contributed by atoms with Crippen LogP contribution in [0.1, 0.15) is 33.3 Å². The standard InChI is InChI=1S/C16H24N2O3/c1-11(19)18-13-10-12(6-7-14(13)21-5)8-9-17-15(20)16(2,3)4/h6-7,10H,8-9H2,1-5H3,(H,17,20)(H,18,19). The van der Waals surface area contributed by atoms with Crippen LogP contribution < -0.4 is 15.4 Å². The third kappa shape index (κ3) is 5.45. The average Bonchev–Trinajstić information content (AvgIpc) is 2.37. The van der Waals surface area contributed by atoms with Gasteiger partial charge in [-0.15, -0.1) is 0 Å². The summed E-state index contributed by atoms with van der Waals surface area (Å²) in [6.45, 7) is 7.65. The first kappa shape index (κ1) is 17.0. The molecular weight excluding hydrogens is 268 g/mol. The highest BCUT2D eigenvalue weighted by Crippen LogP contribution is 2.25. The Labute approximate surface area is 126 Å². The van der Waals surface area contributed by atoms with Crippen molar-refractivity contribution in [3.05, 3.63) is 23.8 Å². The van der Waals surface area contributed by atoms with E-state index >= 15 is 0 Å². The number of methoxy groups -OCH3 is 1. The lowest BCUT2D eigenvalue weighted by molar-refractivity contribution is -0.128. The predicted octanol–water partition coefficient (Wildman–Crippen LogP) is 2.36. The molecule has 2 amide bonds. The van der Waals surface area contributed by atoms with Gasteiger partial charge in [-0.3, -0.25) is 9.59 Å². The first-order valence-corrected chi connectivity index (χ1v) is 6.97. The lowest BCUT2D eigenvalue weighted by atomic mass is 9.95. The van der Waals surface area contributed by atoms with Gasteiger partial charge in [0.2, 0.25) is 11.8 Å². The van der Waals surface area contributed by atoms with E-state index in [4.69, 9.17) is 4.74 Å². The molecule has 0 atom stereocenters.